The highest BCUT2D eigenvalue weighted by Crippen LogP contribution is 2.02. The van der Waals surface area contributed by atoms with Gasteiger partial charge in [-0.05, 0) is 25.8 Å². The molecule has 0 heterocycles. The van der Waals surface area contributed by atoms with Crippen molar-refractivity contribution in [3.05, 3.63) is 35.9 Å². The van der Waals surface area contributed by atoms with E-state index in [0.717, 1.165) is 5.56 Å². The Hall–Kier alpha value is -2.45. The van der Waals surface area contributed by atoms with Crippen LogP contribution in [-0.4, -0.2) is 52.2 Å². The van der Waals surface area contributed by atoms with E-state index < -0.39 is 42.0 Å². The largest absolute Gasteiger partial charge is 0.480 e. The molecule has 4 atom stereocenters. The molecule has 0 unspecified atom stereocenters. The summed E-state index contributed by atoms with van der Waals surface area (Å²) in [6.07, 6.45) is -0.957. The lowest BCUT2D eigenvalue weighted by Gasteiger charge is -2.21. The lowest BCUT2D eigenvalue weighted by atomic mass is 10.1. The van der Waals surface area contributed by atoms with Gasteiger partial charge in [-0.15, -0.1) is 0 Å². The van der Waals surface area contributed by atoms with Crippen molar-refractivity contribution >= 4 is 17.8 Å². The van der Waals surface area contributed by atoms with Crippen molar-refractivity contribution in [3.63, 3.8) is 0 Å². The van der Waals surface area contributed by atoms with E-state index in [2.05, 4.69) is 10.6 Å². The minimum atomic E-state index is -1.45. The smallest absolute Gasteiger partial charge is 0.328 e. The summed E-state index contributed by atoms with van der Waals surface area (Å²) >= 11 is 0. The summed E-state index contributed by atoms with van der Waals surface area (Å²) in [7, 11) is 0. The Morgan fingerprint density at radius 3 is 2.17 bits per heavy atom. The van der Waals surface area contributed by atoms with Gasteiger partial charge in [0.2, 0.25) is 11.8 Å². The summed E-state index contributed by atoms with van der Waals surface area (Å²) in [6, 6.07) is 5.91. The molecule has 2 amide bonds. The lowest BCUT2D eigenvalue weighted by Crippen LogP contribution is -2.55. The number of benzene rings is 1. The van der Waals surface area contributed by atoms with Gasteiger partial charge in [-0.25, -0.2) is 4.79 Å². The van der Waals surface area contributed by atoms with E-state index in [-0.39, 0.29) is 0 Å². The standard InChI is InChI=1S/C16H23N3O5/c1-9(14(21)19-13(10(2)20)16(23)24)18-15(22)12(17)8-11-6-4-3-5-7-11/h3-7,9-10,12-13,20H,8,17H2,1-2H3,(H,18,22)(H,19,21)(H,23,24)/t9-,10+,12-,13-/m0/s1. The molecule has 0 fully saturated rings. The number of nitrogens with one attached hydrogen (secondary N) is 2. The molecule has 0 radical (unpaired) electrons. The molecule has 0 bridgehead atoms. The molecule has 24 heavy (non-hydrogen) atoms. The molecule has 8 heteroatoms. The van der Waals surface area contributed by atoms with E-state index in [4.69, 9.17) is 10.8 Å². The van der Waals surface area contributed by atoms with Crippen molar-refractivity contribution < 1.29 is 24.6 Å². The maximum absolute atomic E-state index is 12.0. The first kappa shape index (κ1) is 19.6. The average Bonchev–Trinajstić information content (AvgIpc) is 2.52. The van der Waals surface area contributed by atoms with Gasteiger partial charge in [-0.2, -0.15) is 0 Å². The van der Waals surface area contributed by atoms with Crippen LogP contribution in [0.4, 0.5) is 0 Å². The Bertz CT molecular complexity index is 576. The number of hydrogen-bond donors (Lipinski definition) is 5. The fourth-order valence-corrected chi connectivity index (χ4v) is 2.01. The first-order chi connectivity index (χ1) is 11.2. The second-order valence-corrected chi connectivity index (χ2v) is 5.59. The van der Waals surface area contributed by atoms with Crippen LogP contribution < -0.4 is 16.4 Å². The summed E-state index contributed by atoms with van der Waals surface area (Å²) in [4.78, 5) is 34.9. The van der Waals surface area contributed by atoms with E-state index in [1.54, 1.807) is 0 Å². The monoisotopic (exact) mass is 337 g/mol. The Morgan fingerprint density at radius 1 is 1.08 bits per heavy atom. The molecule has 1 aromatic rings. The van der Waals surface area contributed by atoms with E-state index in [1.807, 2.05) is 30.3 Å². The van der Waals surface area contributed by atoms with Gasteiger partial charge in [-0.3, -0.25) is 9.59 Å². The maximum Gasteiger partial charge on any atom is 0.328 e. The number of aliphatic hydroxyl groups is 1. The molecular weight excluding hydrogens is 314 g/mol. The van der Waals surface area contributed by atoms with E-state index in [1.165, 1.54) is 13.8 Å². The van der Waals surface area contributed by atoms with Crippen LogP contribution >= 0.6 is 0 Å². The lowest BCUT2D eigenvalue weighted by molar-refractivity contribution is -0.145. The molecule has 0 saturated carbocycles. The SMILES string of the molecule is C[C@H](NC(=O)[C@@H](N)Cc1ccccc1)C(=O)N[C@H](C(=O)O)[C@@H](C)O. The van der Waals surface area contributed by atoms with Gasteiger partial charge >= 0.3 is 5.97 Å². The molecule has 8 nitrogen and oxygen atoms in total. The van der Waals surface area contributed by atoms with Gasteiger partial charge in [0.25, 0.3) is 0 Å². The number of aliphatic hydroxyl groups excluding tert-OH is 1. The molecule has 1 rings (SSSR count). The van der Waals surface area contributed by atoms with Crippen molar-refractivity contribution in [2.45, 2.75) is 44.5 Å². The van der Waals surface area contributed by atoms with Crippen LogP contribution in [0, 0.1) is 0 Å². The Balaban J connectivity index is 2.56. The normalized spacial score (nSPS) is 15.7. The second-order valence-electron chi connectivity index (χ2n) is 5.59. The first-order valence-corrected chi connectivity index (χ1v) is 7.53. The number of carboxylic acid groups (broad SMARTS) is 1. The van der Waals surface area contributed by atoms with Crippen LogP contribution in [0.25, 0.3) is 0 Å². The Labute approximate surface area is 140 Å². The first-order valence-electron chi connectivity index (χ1n) is 7.53. The molecule has 0 saturated heterocycles. The fourth-order valence-electron chi connectivity index (χ4n) is 2.01. The van der Waals surface area contributed by atoms with Gasteiger partial charge in [0.1, 0.15) is 6.04 Å². The zero-order chi connectivity index (χ0) is 18.3. The molecule has 6 N–H and O–H groups in total. The highest BCUT2D eigenvalue weighted by Gasteiger charge is 2.28. The van der Waals surface area contributed by atoms with Crippen LogP contribution in [0.1, 0.15) is 19.4 Å². The summed E-state index contributed by atoms with van der Waals surface area (Å²) in [6.45, 7) is 2.65. The highest BCUT2D eigenvalue weighted by molar-refractivity contribution is 5.91. The van der Waals surface area contributed by atoms with Crippen LogP contribution in [0.3, 0.4) is 0 Å². The third-order valence-electron chi connectivity index (χ3n) is 3.43. The summed E-state index contributed by atoms with van der Waals surface area (Å²) in [5.74, 6) is -2.60. The van der Waals surface area contributed by atoms with Crippen molar-refractivity contribution in [2.75, 3.05) is 0 Å². The van der Waals surface area contributed by atoms with Crippen LogP contribution in [0.2, 0.25) is 0 Å². The van der Waals surface area contributed by atoms with Gasteiger partial charge in [0.15, 0.2) is 6.04 Å². The van der Waals surface area contributed by atoms with Crippen LogP contribution in [0.5, 0.6) is 0 Å². The predicted octanol–water partition coefficient (Wildman–Crippen LogP) is -0.989. The Kier molecular flexibility index (Phi) is 7.34. The van der Waals surface area contributed by atoms with Crippen molar-refractivity contribution in [1.82, 2.24) is 10.6 Å². The quantitative estimate of drug-likeness (QED) is 0.412. The number of carbonyl (C=O) groups excluding carboxylic acids is 2. The number of carboxylic acids is 1. The minimum absolute atomic E-state index is 0.312. The van der Waals surface area contributed by atoms with E-state index in [0.29, 0.717) is 6.42 Å². The topological polar surface area (TPSA) is 142 Å². The third kappa shape index (κ3) is 5.98. The molecule has 0 spiro atoms. The van der Waals surface area contributed by atoms with Crippen molar-refractivity contribution in [1.29, 1.82) is 0 Å². The van der Waals surface area contributed by atoms with Gasteiger partial charge in [-0.1, -0.05) is 30.3 Å². The van der Waals surface area contributed by atoms with E-state index in [9.17, 15) is 19.5 Å². The van der Waals surface area contributed by atoms with Crippen LogP contribution in [-0.2, 0) is 20.8 Å². The number of aliphatic carboxylic acids is 1. The molecule has 132 valence electrons. The maximum atomic E-state index is 12.0. The summed E-state index contributed by atoms with van der Waals surface area (Å²) in [5, 5.41) is 22.9. The zero-order valence-electron chi connectivity index (χ0n) is 13.6. The Morgan fingerprint density at radius 2 is 1.67 bits per heavy atom. The number of nitrogens with two attached hydrogens (primary N) is 1. The van der Waals surface area contributed by atoms with Crippen molar-refractivity contribution in [3.8, 4) is 0 Å². The van der Waals surface area contributed by atoms with Gasteiger partial charge in [0.05, 0.1) is 12.1 Å². The number of amides is 2. The molecule has 1 aromatic carbocycles. The predicted molar refractivity (Wildman–Crippen MR) is 87.0 cm³/mol. The minimum Gasteiger partial charge on any atom is -0.480 e. The average molecular weight is 337 g/mol. The summed E-state index contributed by atoms with van der Waals surface area (Å²) < 4.78 is 0. The van der Waals surface area contributed by atoms with Crippen LogP contribution in [0.15, 0.2) is 30.3 Å². The molecule has 0 aliphatic rings. The molecule has 0 aliphatic carbocycles. The fraction of sp³-hybridized carbons (Fsp3) is 0.438. The van der Waals surface area contributed by atoms with E-state index >= 15 is 0 Å². The summed E-state index contributed by atoms with van der Waals surface area (Å²) in [5.41, 5.74) is 6.70. The third-order valence-corrected chi connectivity index (χ3v) is 3.43. The highest BCUT2D eigenvalue weighted by atomic mass is 16.4. The molecule has 0 aromatic heterocycles. The van der Waals surface area contributed by atoms with Gasteiger partial charge < -0.3 is 26.6 Å². The number of hydrogen-bond acceptors (Lipinski definition) is 5. The second kappa shape index (κ2) is 8.99. The number of carbonyl (C=O) groups is 3. The number of rotatable bonds is 8. The van der Waals surface area contributed by atoms with Gasteiger partial charge in [0, 0.05) is 0 Å². The van der Waals surface area contributed by atoms with Crippen molar-refractivity contribution in [2.24, 2.45) is 5.73 Å². The molecule has 0 aliphatic heterocycles. The molecular formula is C16H23N3O5. The zero-order valence-corrected chi connectivity index (χ0v) is 13.6.